The average Bonchev–Trinajstić information content (AvgIpc) is 2.01. The molecule has 0 N–H and O–H groups in total. The second-order valence-corrected chi connectivity index (χ2v) is 4.33. The number of carbonyl (C=O) groups is 1. The molecule has 0 amide bonds. The normalized spacial score (nSPS) is 12.2. The Morgan fingerprint density at radius 2 is 1.92 bits per heavy atom. The fraction of sp³-hybridized carbons (Fsp3) is 0.909. The second-order valence-electron chi connectivity index (χ2n) is 4.33. The van der Waals surface area contributed by atoms with Crippen LogP contribution in [0.3, 0.4) is 0 Å². The maximum absolute atomic E-state index is 11.5. The van der Waals surface area contributed by atoms with Crippen molar-refractivity contribution in [2.45, 2.75) is 53.6 Å². The fourth-order valence-corrected chi connectivity index (χ4v) is 1.17. The molecule has 0 aromatic heterocycles. The van der Waals surface area contributed by atoms with E-state index in [1.165, 1.54) is 0 Å². The molecule has 0 aliphatic carbocycles. The van der Waals surface area contributed by atoms with E-state index in [9.17, 15) is 4.79 Å². The Kier molecular flexibility index (Phi) is 5.23. The average molecular weight is 186 g/mol. The van der Waals surface area contributed by atoms with Crippen molar-refractivity contribution in [3.05, 3.63) is 0 Å². The van der Waals surface area contributed by atoms with Crippen LogP contribution in [0.5, 0.6) is 0 Å². The van der Waals surface area contributed by atoms with E-state index < -0.39 is 0 Å². The lowest BCUT2D eigenvalue weighted by Crippen LogP contribution is -2.25. The van der Waals surface area contributed by atoms with Crippen molar-refractivity contribution in [3.63, 3.8) is 0 Å². The van der Waals surface area contributed by atoms with Gasteiger partial charge in [-0.15, -0.1) is 0 Å². The summed E-state index contributed by atoms with van der Waals surface area (Å²) in [6.45, 7) is 10.6. The highest BCUT2D eigenvalue weighted by Crippen LogP contribution is 2.23. The van der Waals surface area contributed by atoms with Crippen molar-refractivity contribution < 1.29 is 9.53 Å². The molecule has 0 saturated carbocycles. The van der Waals surface area contributed by atoms with Gasteiger partial charge in [-0.1, -0.05) is 20.8 Å². The lowest BCUT2D eigenvalue weighted by Gasteiger charge is -2.22. The summed E-state index contributed by atoms with van der Waals surface area (Å²) < 4.78 is 5.42. The number of hydrogen-bond acceptors (Lipinski definition) is 2. The van der Waals surface area contributed by atoms with Crippen molar-refractivity contribution in [2.24, 2.45) is 5.41 Å². The molecule has 0 heterocycles. The highest BCUT2D eigenvalue weighted by molar-refractivity contribution is 5.83. The van der Waals surface area contributed by atoms with Gasteiger partial charge in [0.25, 0.3) is 0 Å². The minimum atomic E-state index is -0.219. The summed E-state index contributed by atoms with van der Waals surface area (Å²) in [7, 11) is 0. The largest absolute Gasteiger partial charge is 0.379 e. The molecule has 0 aliphatic rings. The lowest BCUT2D eigenvalue weighted by atomic mass is 9.84. The van der Waals surface area contributed by atoms with Crippen LogP contribution in [0.25, 0.3) is 0 Å². The van der Waals surface area contributed by atoms with Crippen molar-refractivity contribution in [3.8, 4) is 0 Å². The van der Waals surface area contributed by atoms with Crippen molar-refractivity contribution in [1.29, 1.82) is 0 Å². The molecule has 0 fully saturated rings. The number of Topliss-reactive ketones (excluding diaryl/α,β-unsaturated/α-hetero) is 1. The molecule has 2 heteroatoms. The first-order valence-electron chi connectivity index (χ1n) is 5.05. The Morgan fingerprint density at radius 3 is 2.31 bits per heavy atom. The standard InChI is InChI=1S/C11H22O2/c1-6-10(12)11(4,5)7-8-13-9(2)3/h9H,6-8H2,1-5H3. The Morgan fingerprint density at radius 1 is 1.38 bits per heavy atom. The zero-order valence-electron chi connectivity index (χ0n) is 9.52. The Balaban J connectivity index is 3.82. The van der Waals surface area contributed by atoms with Gasteiger partial charge in [0, 0.05) is 18.4 Å². The van der Waals surface area contributed by atoms with Gasteiger partial charge in [-0.25, -0.2) is 0 Å². The Hall–Kier alpha value is -0.370. The molecule has 0 aliphatic heterocycles. The first kappa shape index (κ1) is 12.6. The quantitative estimate of drug-likeness (QED) is 0.637. The van der Waals surface area contributed by atoms with Gasteiger partial charge in [0.2, 0.25) is 0 Å². The van der Waals surface area contributed by atoms with E-state index in [0.717, 1.165) is 6.42 Å². The van der Waals surface area contributed by atoms with E-state index in [4.69, 9.17) is 4.74 Å². The van der Waals surface area contributed by atoms with Crippen LogP contribution in [-0.4, -0.2) is 18.5 Å². The van der Waals surface area contributed by atoms with Gasteiger partial charge in [-0.05, 0) is 20.3 Å². The molecule has 0 bridgehead atoms. The van der Waals surface area contributed by atoms with E-state index in [2.05, 4.69) is 0 Å². The number of ketones is 1. The molecule has 0 aromatic carbocycles. The van der Waals surface area contributed by atoms with Gasteiger partial charge in [0.1, 0.15) is 5.78 Å². The van der Waals surface area contributed by atoms with E-state index in [0.29, 0.717) is 18.8 Å². The third-order valence-electron chi connectivity index (χ3n) is 2.25. The summed E-state index contributed by atoms with van der Waals surface area (Å²) in [5.74, 6) is 0.319. The summed E-state index contributed by atoms with van der Waals surface area (Å²) >= 11 is 0. The summed E-state index contributed by atoms with van der Waals surface area (Å²) in [6, 6.07) is 0. The number of rotatable bonds is 6. The molecule has 0 atom stereocenters. The molecule has 0 spiro atoms. The zero-order chi connectivity index (χ0) is 10.5. The maximum Gasteiger partial charge on any atom is 0.138 e. The van der Waals surface area contributed by atoms with Crippen LogP contribution in [0.15, 0.2) is 0 Å². The number of hydrogen-bond donors (Lipinski definition) is 0. The third-order valence-corrected chi connectivity index (χ3v) is 2.25. The minimum Gasteiger partial charge on any atom is -0.379 e. The summed E-state index contributed by atoms with van der Waals surface area (Å²) in [6.07, 6.45) is 1.69. The van der Waals surface area contributed by atoms with Crippen molar-refractivity contribution in [1.82, 2.24) is 0 Å². The van der Waals surface area contributed by atoms with Crippen LogP contribution < -0.4 is 0 Å². The predicted octanol–water partition coefficient (Wildman–Crippen LogP) is 2.81. The van der Waals surface area contributed by atoms with E-state index in [1.807, 2.05) is 34.6 Å². The molecule has 78 valence electrons. The molecule has 0 saturated heterocycles. The van der Waals surface area contributed by atoms with E-state index >= 15 is 0 Å². The molecular formula is C11H22O2. The third kappa shape index (κ3) is 5.04. The highest BCUT2D eigenvalue weighted by Gasteiger charge is 2.25. The molecular weight excluding hydrogens is 164 g/mol. The summed E-state index contributed by atoms with van der Waals surface area (Å²) in [4.78, 5) is 11.5. The van der Waals surface area contributed by atoms with Crippen LogP contribution in [0.1, 0.15) is 47.5 Å². The first-order valence-corrected chi connectivity index (χ1v) is 5.05. The zero-order valence-corrected chi connectivity index (χ0v) is 9.52. The van der Waals surface area contributed by atoms with Gasteiger partial charge in [0.15, 0.2) is 0 Å². The van der Waals surface area contributed by atoms with Crippen LogP contribution in [0.2, 0.25) is 0 Å². The Bertz CT molecular complexity index is 159. The van der Waals surface area contributed by atoms with E-state index in [1.54, 1.807) is 0 Å². The van der Waals surface area contributed by atoms with Crippen molar-refractivity contribution in [2.75, 3.05) is 6.61 Å². The van der Waals surface area contributed by atoms with Gasteiger partial charge in [-0.2, -0.15) is 0 Å². The first-order chi connectivity index (χ1) is 5.90. The number of ether oxygens (including phenoxy) is 1. The monoisotopic (exact) mass is 186 g/mol. The van der Waals surface area contributed by atoms with Gasteiger partial charge >= 0.3 is 0 Å². The fourth-order valence-electron chi connectivity index (χ4n) is 1.17. The van der Waals surface area contributed by atoms with Crippen LogP contribution in [-0.2, 0) is 9.53 Å². The summed E-state index contributed by atoms with van der Waals surface area (Å²) in [5, 5.41) is 0. The highest BCUT2D eigenvalue weighted by atomic mass is 16.5. The van der Waals surface area contributed by atoms with Gasteiger partial charge < -0.3 is 4.74 Å². The van der Waals surface area contributed by atoms with Crippen LogP contribution >= 0.6 is 0 Å². The van der Waals surface area contributed by atoms with Crippen LogP contribution in [0, 0.1) is 5.41 Å². The topological polar surface area (TPSA) is 26.3 Å². The SMILES string of the molecule is CCC(=O)C(C)(C)CCOC(C)C. The molecule has 0 aromatic rings. The van der Waals surface area contributed by atoms with Gasteiger partial charge in [0.05, 0.1) is 6.10 Å². The number of carbonyl (C=O) groups excluding carboxylic acids is 1. The second kappa shape index (κ2) is 5.38. The molecule has 2 nitrogen and oxygen atoms in total. The van der Waals surface area contributed by atoms with Crippen molar-refractivity contribution >= 4 is 5.78 Å². The van der Waals surface area contributed by atoms with Gasteiger partial charge in [-0.3, -0.25) is 4.79 Å². The van der Waals surface area contributed by atoms with E-state index in [-0.39, 0.29) is 11.5 Å². The minimum absolute atomic E-state index is 0.219. The lowest BCUT2D eigenvalue weighted by molar-refractivity contribution is -0.128. The maximum atomic E-state index is 11.5. The van der Waals surface area contributed by atoms with Crippen LogP contribution in [0.4, 0.5) is 0 Å². The predicted molar refractivity (Wildman–Crippen MR) is 54.8 cm³/mol. The molecule has 0 radical (unpaired) electrons. The summed E-state index contributed by atoms with van der Waals surface area (Å²) in [5.41, 5.74) is -0.219. The molecule has 13 heavy (non-hydrogen) atoms. The smallest absolute Gasteiger partial charge is 0.138 e. The molecule has 0 rings (SSSR count). The Labute approximate surface area is 81.7 Å². The molecule has 0 unspecified atom stereocenters.